The van der Waals surface area contributed by atoms with Gasteiger partial charge < -0.3 is 4.90 Å². The maximum Gasteiger partial charge on any atom is 0.417 e. The number of anilines is 1. The summed E-state index contributed by atoms with van der Waals surface area (Å²) in [5.74, 6) is 0.609. The van der Waals surface area contributed by atoms with Crippen molar-refractivity contribution in [2.45, 2.75) is 25.4 Å². The van der Waals surface area contributed by atoms with Crippen molar-refractivity contribution in [3.8, 4) is 0 Å². The van der Waals surface area contributed by atoms with Crippen LogP contribution in [0.1, 0.15) is 24.8 Å². The molecule has 1 fully saturated rings. The summed E-state index contributed by atoms with van der Waals surface area (Å²) in [5, 5.41) is 0. The smallest absolute Gasteiger partial charge is 0.356 e. The molecule has 94 valence electrons. The van der Waals surface area contributed by atoms with E-state index in [2.05, 4.69) is 20.9 Å². The van der Waals surface area contributed by atoms with Crippen LogP contribution in [0.25, 0.3) is 0 Å². The lowest BCUT2D eigenvalue weighted by Gasteiger charge is -2.28. The SMILES string of the molecule is FC(F)(F)c1cnc(N2CCCCC2)c(Br)c1. The first-order valence-electron chi connectivity index (χ1n) is 5.46. The average Bonchev–Trinajstić information content (AvgIpc) is 2.29. The van der Waals surface area contributed by atoms with E-state index in [4.69, 9.17) is 0 Å². The van der Waals surface area contributed by atoms with Crippen molar-refractivity contribution in [1.82, 2.24) is 4.98 Å². The molecule has 0 aromatic carbocycles. The van der Waals surface area contributed by atoms with E-state index < -0.39 is 11.7 Å². The molecule has 0 unspecified atom stereocenters. The van der Waals surface area contributed by atoms with Gasteiger partial charge in [0.1, 0.15) is 5.82 Å². The zero-order valence-corrected chi connectivity index (χ0v) is 10.7. The van der Waals surface area contributed by atoms with Crippen LogP contribution in [0.4, 0.5) is 19.0 Å². The number of nitrogens with zero attached hydrogens (tertiary/aromatic N) is 2. The van der Waals surface area contributed by atoms with Crippen LogP contribution < -0.4 is 4.90 Å². The molecule has 2 nitrogen and oxygen atoms in total. The van der Waals surface area contributed by atoms with Gasteiger partial charge in [0.2, 0.25) is 0 Å². The second-order valence-electron chi connectivity index (χ2n) is 4.07. The van der Waals surface area contributed by atoms with Crippen molar-refractivity contribution < 1.29 is 13.2 Å². The fraction of sp³-hybridized carbons (Fsp3) is 0.545. The average molecular weight is 309 g/mol. The third kappa shape index (κ3) is 2.91. The number of hydrogen-bond acceptors (Lipinski definition) is 2. The van der Waals surface area contributed by atoms with Crippen LogP contribution in [0.3, 0.4) is 0 Å². The lowest BCUT2D eigenvalue weighted by Crippen LogP contribution is -2.30. The van der Waals surface area contributed by atoms with E-state index in [0.29, 0.717) is 10.3 Å². The van der Waals surface area contributed by atoms with Gasteiger partial charge in [-0.2, -0.15) is 13.2 Å². The maximum absolute atomic E-state index is 12.5. The highest BCUT2D eigenvalue weighted by Gasteiger charge is 2.32. The number of pyridine rings is 1. The summed E-state index contributed by atoms with van der Waals surface area (Å²) in [4.78, 5) is 5.95. The molecular weight excluding hydrogens is 297 g/mol. The summed E-state index contributed by atoms with van der Waals surface area (Å²) in [6.45, 7) is 1.72. The van der Waals surface area contributed by atoms with Crippen LogP contribution in [0, 0.1) is 0 Å². The van der Waals surface area contributed by atoms with Gasteiger partial charge in [-0.05, 0) is 41.3 Å². The summed E-state index contributed by atoms with van der Waals surface area (Å²) in [6.07, 6.45) is -0.135. The molecule has 1 aliphatic rings. The van der Waals surface area contributed by atoms with E-state index in [1.165, 1.54) is 6.42 Å². The van der Waals surface area contributed by atoms with Crippen molar-refractivity contribution >= 4 is 21.7 Å². The van der Waals surface area contributed by atoms with E-state index >= 15 is 0 Å². The lowest BCUT2D eigenvalue weighted by atomic mass is 10.1. The standard InChI is InChI=1S/C11H12BrF3N2/c12-9-6-8(11(13,14)15)7-16-10(9)17-4-2-1-3-5-17/h6-7H,1-5H2. The van der Waals surface area contributed by atoms with Gasteiger partial charge in [0.15, 0.2) is 0 Å². The molecule has 0 N–H and O–H groups in total. The number of alkyl halides is 3. The van der Waals surface area contributed by atoms with Crippen LogP contribution in [-0.2, 0) is 6.18 Å². The number of rotatable bonds is 1. The van der Waals surface area contributed by atoms with E-state index in [9.17, 15) is 13.2 Å². The Morgan fingerprint density at radius 1 is 1.18 bits per heavy atom. The predicted molar refractivity (Wildman–Crippen MR) is 63.0 cm³/mol. The van der Waals surface area contributed by atoms with Gasteiger partial charge in [0, 0.05) is 19.3 Å². The normalized spacial score (nSPS) is 17.3. The summed E-state index contributed by atoms with van der Waals surface area (Å²) >= 11 is 3.17. The molecule has 0 spiro atoms. The third-order valence-electron chi connectivity index (χ3n) is 2.80. The first-order chi connectivity index (χ1) is 7.98. The first-order valence-corrected chi connectivity index (χ1v) is 6.25. The summed E-state index contributed by atoms with van der Waals surface area (Å²) < 4.78 is 37.8. The lowest BCUT2D eigenvalue weighted by molar-refractivity contribution is -0.137. The molecule has 1 saturated heterocycles. The Hall–Kier alpha value is -0.780. The highest BCUT2D eigenvalue weighted by Crippen LogP contribution is 2.34. The highest BCUT2D eigenvalue weighted by atomic mass is 79.9. The zero-order chi connectivity index (χ0) is 12.5. The number of halogens is 4. The van der Waals surface area contributed by atoms with Crippen LogP contribution >= 0.6 is 15.9 Å². The third-order valence-corrected chi connectivity index (χ3v) is 3.39. The topological polar surface area (TPSA) is 16.1 Å². The quantitative estimate of drug-likeness (QED) is 0.783. The van der Waals surface area contributed by atoms with Crippen LogP contribution in [-0.4, -0.2) is 18.1 Å². The number of piperidine rings is 1. The summed E-state index contributed by atoms with van der Waals surface area (Å²) in [7, 11) is 0. The van der Waals surface area contributed by atoms with Gasteiger partial charge in [-0.15, -0.1) is 0 Å². The van der Waals surface area contributed by atoms with Crippen molar-refractivity contribution in [3.63, 3.8) is 0 Å². The Balaban J connectivity index is 2.25. The van der Waals surface area contributed by atoms with Crippen molar-refractivity contribution in [2.75, 3.05) is 18.0 Å². The van der Waals surface area contributed by atoms with Gasteiger partial charge in [-0.1, -0.05) is 0 Å². The minimum absolute atomic E-state index is 0.411. The first kappa shape index (κ1) is 12.7. The molecule has 0 aliphatic carbocycles. The predicted octanol–water partition coefficient (Wildman–Crippen LogP) is 3.85. The summed E-state index contributed by atoms with van der Waals surface area (Å²) in [6, 6.07) is 1.09. The van der Waals surface area contributed by atoms with Crippen molar-refractivity contribution in [1.29, 1.82) is 0 Å². The van der Waals surface area contributed by atoms with Crippen LogP contribution in [0.2, 0.25) is 0 Å². The Labute approximate surface area is 106 Å². The Kier molecular flexibility index (Phi) is 3.61. The molecule has 1 aromatic rings. The Morgan fingerprint density at radius 3 is 2.35 bits per heavy atom. The fourth-order valence-electron chi connectivity index (χ4n) is 1.92. The van der Waals surface area contributed by atoms with Gasteiger partial charge in [0.05, 0.1) is 10.0 Å². The fourth-order valence-corrected chi connectivity index (χ4v) is 2.52. The highest BCUT2D eigenvalue weighted by molar-refractivity contribution is 9.10. The van der Waals surface area contributed by atoms with Crippen molar-refractivity contribution in [3.05, 3.63) is 22.3 Å². The van der Waals surface area contributed by atoms with E-state index in [-0.39, 0.29) is 0 Å². The molecule has 1 aliphatic heterocycles. The number of aromatic nitrogens is 1. The molecule has 0 atom stereocenters. The zero-order valence-electron chi connectivity index (χ0n) is 9.10. The second kappa shape index (κ2) is 4.84. The molecule has 2 heterocycles. The van der Waals surface area contributed by atoms with E-state index in [1.54, 1.807) is 0 Å². The van der Waals surface area contributed by atoms with Crippen LogP contribution in [0.15, 0.2) is 16.7 Å². The van der Waals surface area contributed by atoms with E-state index in [1.807, 2.05) is 4.90 Å². The molecular formula is C11H12BrF3N2. The van der Waals surface area contributed by atoms with Gasteiger partial charge in [-0.3, -0.25) is 0 Å². The van der Waals surface area contributed by atoms with Gasteiger partial charge in [-0.25, -0.2) is 4.98 Å². The van der Waals surface area contributed by atoms with Gasteiger partial charge >= 0.3 is 6.18 Å². The molecule has 0 bridgehead atoms. The minimum Gasteiger partial charge on any atom is -0.356 e. The molecule has 6 heteroatoms. The van der Waals surface area contributed by atoms with Crippen LogP contribution in [0.5, 0.6) is 0 Å². The van der Waals surface area contributed by atoms with Crippen molar-refractivity contribution in [2.24, 2.45) is 0 Å². The Morgan fingerprint density at radius 2 is 1.82 bits per heavy atom. The minimum atomic E-state index is -4.34. The Bertz CT molecular complexity index is 400. The molecule has 1 aromatic heterocycles. The monoisotopic (exact) mass is 308 g/mol. The molecule has 0 amide bonds. The number of hydrogen-bond donors (Lipinski definition) is 0. The molecule has 0 radical (unpaired) electrons. The van der Waals surface area contributed by atoms with Gasteiger partial charge in [0.25, 0.3) is 0 Å². The molecule has 17 heavy (non-hydrogen) atoms. The molecule has 2 rings (SSSR count). The largest absolute Gasteiger partial charge is 0.417 e. The van der Waals surface area contributed by atoms with E-state index in [0.717, 1.165) is 38.2 Å². The maximum atomic E-state index is 12.5. The summed E-state index contributed by atoms with van der Waals surface area (Å²) in [5.41, 5.74) is -0.717. The molecule has 0 saturated carbocycles. The second-order valence-corrected chi connectivity index (χ2v) is 4.93.